The van der Waals surface area contributed by atoms with Crippen LogP contribution in [-0.2, 0) is 20.9 Å². The van der Waals surface area contributed by atoms with Crippen molar-refractivity contribution in [2.24, 2.45) is 17.3 Å². The lowest BCUT2D eigenvalue weighted by molar-refractivity contribution is -0.147. The highest BCUT2D eigenvalue weighted by Gasteiger charge is 2.61. The van der Waals surface area contributed by atoms with Crippen LogP contribution in [0.5, 0.6) is 0 Å². The van der Waals surface area contributed by atoms with Gasteiger partial charge in [0.25, 0.3) is 0 Å². The minimum absolute atomic E-state index is 0.0939. The zero-order valence-electron chi connectivity index (χ0n) is 12.3. The van der Waals surface area contributed by atoms with Crippen LogP contribution < -0.4 is 0 Å². The van der Waals surface area contributed by atoms with Crippen molar-refractivity contribution in [2.45, 2.75) is 33.3 Å². The van der Waals surface area contributed by atoms with Crippen molar-refractivity contribution in [1.82, 2.24) is 0 Å². The van der Waals surface area contributed by atoms with Gasteiger partial charge in [0.2, 0.25) is 0 Å². The van der Waals surface area contributed by atoms with E-state index in [1.807, 2.05) is 0 Å². The first-order chi connectivity index (χ1) is 10.00. The van der Waals surface area contributed by atoms with E-state index in [2.05, 4.69) is 19.2 Å². The number of esters is 1. The number of hydrogen-bond donors (Lipinski definition) is 0. The molecule has 0 bridgehead atoms. The second-order valence-electron chi connectivity index (χ2n) is 6.31. The highest BCUT2D eigenvalue weighted by molar-refractivity contribution is 8.28. The monoisotopic (exact) mass is 308 g/mol. The van der Waals surface area contributed by atoms with Gasteiger partial charge in [0.1, 0.15) is 6.61 Å². The van der Waals surface area contributed by atoms with Gasteiger partial charge in [0.15, 0.2) is 5.12 Å². The molecule has 4 nitrogen and oxygen atoms in total. The van der Waals surface area contributed by atoms with E-state index in [-0.39, 0.29) is 40.3 Å². The summed E-state index contributed by atoms with van der Waals surface area (Å²) in [4.78, 5) is 24.0. The third kappa shape index (κ3) is 2.84. The van der Waals surface area contributed by atoms with E-state index in [9.17, 15) is 9.59 Å². The maximum Gasteiger partial charge on any atom is 0.310 e. The lowest BCUT2D eigenvalue weighted by atomic mass is 10.1. The van der Waals surface area contributed by atoms with E-state index in [1.165, 1.54) is 0 Å². The van der Waals surface area contributed by atoms with Crippen LogP contribution in [0.1, 0.15) is 32.3 Å². The average Bonchev–Trinajstić information content (AvgIpc) is 2.88. The van der Waals surface area contributed by atoms with Crippen LogP contribution >= 0.6 is 10.5 Å². The molecular weight excluding hydrogens is 288 g/mol. The highest BCUT2D eigenvalue weighted by atomic mass is 32.2. The summed E-state index contributed by atoms with van der Waals surface area (Å²) in [6, 6.07) is 1.79. The zero-order chi connectivity index (χ0) is 15.0. The fourth-order valence-electron chi connectivity index (χ4n) is 2.94. The van der Waals surface area contributed by atoms with Gasteiger partial charge in [-0.2, -0.15) is 0 Å². The van der Waals surface area contributed by atoms with Crippen molar-refractivity contribution >= 4 is 26.9 Å². The van der Waals surface area contributed by atoms with Crippen molar-refractivity contribution in [3.63, 3.8) is 0 Å². The Morgan fingerprint density at radius 2 is 2.38 bits per heavy atom. The Hall–Kier alpha value is -1.36. The number of hydrogen-bond acceptors (Lipinski definition) is 4. The van der Waals surface area contributed by atoms with E-state index < -0.39 is 0 Å². The summed E-state index contributed by atoms with van der Waals surface area (Å²) in [6.45, 7) is 4.39. The summed E-state index contributed by atoms with van der Waals surface area (Å²) in [5.74, 6) is 0.838. The van der Waals surface area contributed by atoms with E-state index in [1.54, 1.807) is 18.6 Å². The fraction of sp³-hybridized carbons (Fsp3) is 0.562. The van der Waals surface area contributed by atoms with E-state index in [0.29, 0.717) is 11.5 Å². The minimum atomic E-state index is -0.244. The molecular formula is C16H20O4S. The third-order valence-corrected chi connectivity index (χ3v) is 6.61. The molecule has 1 saturated heterocycles. The van der Waals surface area contributed by atoms with Gasteiger partial charge in [-0.15, -0.1) is 10.5 Å². The summed E-state index contributed by atoms with van der Waals surface area (Å²) in [6.07, 6.45) is 4.82. The van der Waals surface area contributed by atoms with Crippen molar-refractivity contribution in [3.8, 4) is 0 Å². The molecule has 0 N–H and O–H groups in total. The summed E-state index contributed by atoms with van der Waals surface area (Å²) in [7, 11) is -0.244. The first kappa shape index (κ1) is 14.6. The quantitative estimate of drug-likeness (QED) is 0.634. The molecule has 0 radical (unpaired) electrons. The Morgan fingerprint density at radius 1 is 1.57 bits per heavy atom. The van der Waals surface area contributed by atoms with Crippen LogP contribution in [0.2, 0.25) is 0 Å². The van der Waals surface area contributed by atoms with E-state index in [4.69, 9.17) is 9.15 Å². The third-order valence-electron chi connectivity index (χ3n) is 4.47. The summed E-state index contributed by atoms with van der Waals surface area (Å²) in [5, 5.41) is 2.47. The van der Waals surface area contributed by atoms with Crippen LogP contribution in [0.25, 0.3) is 0 Å². The molecule has 1 aliphatic heterocycles. The normalized spacial score (nSPS) is 30.6. The molecule has 1 saturated carbocycles. The minimum Gasteiger partial charge on any atom is -0.472 e. The molecule has 1 aliphatic carbocycles. The summed E-state index contributed by atoms with van der Waals surface area (Å²) in [5.41, 5.74) is 0.763. The molecule has 3 rings (SSSR count). The summed E-state index contributed by atoms with van der Waals surface area (Å²) >= 11 is 0. The van der Waals surface area contributed by atoms with Crippen LogP contribution in [-0.4, -0.2) is 22.2 Å². The average molecular weight is 308 g/mol. The second-order valence-corrected chi connectivity index (χ2v) is 8.30. The molecule has 3 atom stereocenters. The predicted molar refractivity (Wildman–Crippen MR) is 82.0 cm³/mol. The van der Waals surface area contributed by atoms with E-state index >= 15 is 0 Å². The smallest absolute Gasteiger partial charge is 0.310 e. The molecule has 2 heterocycles. The van der Waals surface area contributed by atoms with Gasteiger partial charge in [0.05, 0.1) is 18.4 Å². The SMILES string of the molecule is CC1(C)[C@H](C(=O)OCc2ccoc2)[C@@H]1/C=S1\CCCC1=O. The molecule has 1 aromatic heterocycles. The first-order valence-electron chi connectivity index (χ1n) is 7.25. The van der Waals surface area contributed by atoms with Crippen LogP contribution in [0.4, 0.5) is 0 Å². The number of carbonyl (C=O) groups is 2. The van der Waals surface area contributed by atoms with Gasteiger partial charge in [-0.1, -0.05) is 13.8 Å². The first-order valence-corrected chi connectivity index (χ1v) is 8.71. The van der Waals surface area contributed by atoms with Crippen molar-refractivity contribution < 1.29 is 18.7 Å². The topological polar surface area (TPSA) is 56.5 Å². The Bertz CT molecular complexity index is 585. The second kappa shape index (κ2) is 5.44. The largest absolute Gasteiger partial charge is 0.472 e. The molecule has 2 aliphatic rings. The summed E-state index contributed by atoms with van der Waals surface area (Å²) < 4.78 is 10.3. The van der Waals surface area contributed by atoms with Gasteiger partial charge in [-0.3, -0.25) is 9.59 Å². The van der Waals surface area contributed by atoms with Gasteiger partial charge < -0.3 is 9.15 Å². The van der Waals surface area contributed by atoms with Gasteiger partial charge in [-0.25, -0.2) is 0 Å². The van der Waals surface area contributed by atoms with E-state index in [0.717, 1.165) is 17.7 Å². The maximum atomic E-state index is 12.2. The standard InChI is InChI=1S/C16H20O4S/c1-16(2)12(10-21-7-3-4-13(21)17)14(16)15(18)20-9-11-5-6-19-8-11/h5-6,8,10,12,14H,3-4,7,9H2,1-2H3/t12-,14-,21?/m0/s1. The number of furan rings is 1. The Morgan fingerprint density at radius 3 is 3.00 bits per heavy atom. The Labute approximate surface area is 126 Å². The highest BCUT2D eigenvalue weighted by Crippen LogP contribution is 2.58. The van der Waals surface area contributed by atoms with Crippen molar-refractivity contribution in [3.05, 3.63) is 24.2 Å². The molecule has 1 aromatic rings. The maximum absolute atomic E-state index is 12.2. The van der Waals surface area contributed by atoms with Gasteiger partial charge in [-0.05, 0) is 29.0 Å². The lowest BCUT2D eigenvalue weighted by Crippen LogP contribution is -2.10. The van der Waals surface area contributed by atoms with Crippen LogP contribution in [0.3, 0.4) is 0 Å². The lowest BCUT2D eigenvalue weighted by Gasteiger charge is -2.03. The predicted octanol–water partition coefficient (Wildman–Crippen LogP) is 2.99. The van der Waals surface area contributed by atoms with Crippen LogP contribution in [0.15, 0.2) is 23.0 Å². The fourth-order valence-corrected chi connectivity index (χ4v) is 5.18. The molecule has 5 heteroatoms. The Balaban J connectivity index is 1.62. The van der Waals surface area contributed by atoms with Gasteiger partial charge >= 0.3 is 5.97 Å². The molecule has 114 valence electrons. The number of rotatable bonds is 4. The number of carbonyl (C=O) groups excluding carboxylic acids is 2. The molecule has 0 spiro atoms. The number of ether oxygens (including phenoxy) is 1. The van der Waals surface area contributed by atoms with Crippen LogP contribution in [0, 0.1) is 17.3 Å². The Kier molecular flexibility index (Phi) is 3.78. The molecule has 0 aromatic carbocycles. The molecule has 0 amide bonds. The molecule has 2 fully saturated rings. The van der Waals surface area contributed by atoms with Crippen molar-refractivity contribution in [1.29, 1.82) is 0 Å². The van der Waals surface area contributed by atoms with Crippen molar-refractivity contribution in [2.75, 3.05) is 5.75 Å². The molecule has 21 heavy (non-hydrogen) atoms. The zero-order valence-corrected chi connectivity index (χ0v) is 13.2. The molecule has 1 unspecified atom stereocenters. The van der Waals surface area contributed by atoms with Gasteiger partial charge in [0, 0.05) is 17.9 Å².